The van der Waals surface area contributed by atoms with Crippen molar-refractivity contribution in [2.75, 3.05) is 0 Å². The SMILES string of the molecule is O=[N+]([O-])c1cc#cc(O)c1C/C=C/c1ccccc1. The van der Waals surface area contributed by atoms with Gasteiger partial charge in [0.2, 0.25) is 0 Å². The van der Waals surface area contributed by atoms with E-state index >= 15 is 0 Å². The van der Waals surface area contributed by atoms with Gasteiger partial charge < -0.3 is 5.11 Å². The molecule has 2 aromatic carbocycles. The Morgan fingerprint density at radius 2 is 2.05 bits per heavy atom. The molecule has 19 heavy (non-hydrogen) atoms. The van der Waals surface area contributed by atoms with Gasteiger partial charge in [-0.2, -0.15) is 0 Å². The van der Waals surface area contributed by atoms with Crippen LogP contribution in [0.25, 0.3) is 6.08 Å². The smallest absolute Gasteiger partial charge is 0.285 e. The molecule has 0 saturated carbocycles. The average Bonchev–Trinajstić information content (AvgIpc) is 2.41. The third kappa shape index (κ3) is 3.11. The quantitative estimate of drug-likeness (QED) is 0.672. The molecule has 0 aliphatic carbocycles. The predicted octanol–water partition coefficient (Wildman–Crippen LogP) is 3.16. The Morgan fingerprint density at radius 3 is 2.74 bits per heavy atom. The van der Waals surface area contributed by atoms with E-state index in [1.54, 1.807) is 6.08 Å². The third-order valence-corrected chi connectivity index (χ3v) is 2.62. The minimum Gasteiger partial charge on any atom is -0.500 e. The van der Waals surface area contributed by atoms with Crippen LogP contribution >= 0.6 is 0 Å². The molecular weight excluding hydrogens is 242 g/mol. The van der Waals surface area contributed by atoms with E-state index in [0.717, 1.165) is 5.56 Å². The number of hydrogen-bond acceptors (Lipinski definition) is 3. The minimum absolute atomic E-state index is 0.144. The molecule has 0 fully saturated rings. The number of allylic oxidation sites excluding steroid dienone is 1. The van der Waals surface area contributed by atoms with Gasteiger partial charge in [-0.25, -0.2) is 0 Å². The van der Waals surface area contributed by atoms with Crippen LogP contribution < -0.4 is 0 Å². The van der Waals surface area contributed by atoms with Crippen molar-refractivity contribution in [1.29, 1.82) is 0 Å². The summed E-state index contributed by atoms with van der Waals surface area (Å²) in [5, 5.41) is 20.5. The summed E-state index contributed by atoms with van der Waals surface area (Å²) < 4.78 is 0. The summed E-state index contributed by atoms with van der Waals surface area (Å²) >= 11 is 0. The zero-order valence-corrected chi connectivity index (χ0v) is 10.0. The molecule has 0 radical (unpaired) electrons. The number of benzene rings is 1. The van der Waals surface area contributed by atoms with Crippen molar-refractivity contribution in [1.82, 2.24) is 0 Å². The molecule has 0 spiro atoms. The van der Waals surface area contributed by atoms with Gasteiger partial charge in [0.05, 0.1) is 16.6 Å². The van der Waals surface area contributed by atoms with Gasteiger partial charge in [-0.3, -0.25) is 10.1 Å². The second-order valence-electron chi connectivity index (χ2n) is 3.90. The van der Waals surface area contributed by atoms with E-state index in [2.05, 4.69) is 12.1 Å². The Kier molecular flexibility index (Phi) is 3.79. The normalized spacial score (nSPS) is 10.3. The summed E-state index contributed by atoms with van der Waals surface area (Å²) in [6, 6.07) is 15.6. The zero-order chi connectivity index (χ0) is 13.7. The minimum atomic E-state index is -0.532. The number of aromatic hydroxyl groups is 1. The Morgan fingerprint density at radius 1 is 1.32 bits per heavy atom. The molecule has 0 unspecified atom stereocenters. The van der Waals surface area contributed by atoms with Crippen LogP contribution in [0.15, 0.2) is 42.5 Å². The Balaban J connectivity index is 2.20. The Bertz CT molecular complexity index is 606. The van der Waals surface area contributed by atoms with Crippen LogP contribution in [-0.4, -0.2) is 10.0 Å². The van der Waals surface area contributed by atoms with E-state index in [9.17, 15) is 15.2 Å². The van der Waals surface area contributed by atoms with Gasteiger partial charge in [-0.05, 0) is 11.6 Å². The highest BCUT2D eigenvalue weighted by Crippen LogP contribution is 2.25. The first-order chi connectivity index (χ1) is 9.18. The highest BCUT2D eigenvalue weighted by atomic mass is 16.6. The standard InChI is InChI=1S/C15H11NO3/c17-15-11-5-10-14(16(18)19)13(15)9-4-8-12-6-2-1-3-7-12/h1-4,6-8,10,17H,9H2/b8-4+. The molecule has 0 heterocycles. The van der Waals surface area contributed by atoms with E-state index < -0.39 is 4.92 Å². The van der Waals surface area contributed by atoms with Crippen molar-refractivity contribution in [3.05, 3.63) is 75.8 Å². The zero-order valence-electron chi connectivity index (χ0n) is 10.0. The fourth-order valence-corrected chi connectivity index (χ4v) is 1.70. The molecule has 2 rings (SSSR count). The molecular formula is C15H11NO3. The van der Waals surface area contributed by atoms with Crippen LogP contribution in [0.5, 0.6) is 5.75 Å². The second kappa shape index (κ2) is 5.69. The Hall–Kier alpha value is -2.80. The number of hydrogen-bond donors (Lipinski definition) is 1. The van der Waals surface area contributed by atoms with E-state index in [-0.39, 0.29) is 23.4 Å². The first-order valence-electron chi connectivity index (χ1n) is 5.68. The molecule has 0 aliphatic rings. The second-order valence-corrected chi connectivity index (χ2v) is 3.90. The van der Waals surface area contributed by atoms with Crippen molar-refractivity contribution in [3.63, 3.8) is 0 Å². The summed E-state index contributed by atoms with van der Waals surface area (Å²) in [5.74, 6) is -0.230. The van der Waals surface area contributed by atoms with E-state index in [4.69, 9.17) is 0 Å². The van der Waals surface area contributed by atoms with Crippen molar-refractivity contribution >= 4 is 11.8 Å². The summed E-state index contributed by atoms with van der Waals surface area (Å²) in [4.78, 5) is 10.3. The van der Waals surface area contributed by atoms with Crippen LogP contribution in [0.3, 0.4) is 0 Å². The van der Waals surface area contributed by atoms with Crippen molar-refractivity contribution in [2.24, 2.45) is 0 Å². The van der Waals surface area contributed by atoms with E-state index in [1.807, 2.05) is 36.4 Å². The van der Waals surface area contributed by atoms with Gasteiger partial charge in [0, 0.05) is 6.42 Å². The van der Waals surface area contributed by atoms with Crippen LogP contribution in [0, 0.1) is 22.2 Å². The van der Waals surface area contributed by atoms with Gasteiger partial charge in [0.15, 0.2) is 5.75 Å². The maximum atomic E-state index is 10.8. The molecule has 0 aliphatic heterocycles. The molecule has 1 N–H and O–H groups in total. The fraction of sp³-hybridized carbons (Fsp3) is 0.0667. The summed E-state index contributed by atoms with van der Waals surface area (Å²) in [6.07, 6.45) is 3.88. The monoisotopic (exact) mass is 253 g/mol. The topological polar surface area (TPSA) is 63.4 Å². The molecule has 4 heteroatoms. The van der Waals surface area contributed by atoms with Gasteiger partial charge in [0.1, 0.15) is 0 Å². The lowest BCUT2D eigenvalue weighted by Crippen LogP contribution is -1.94. The van der Waals surface area contributed by atoms with Crippen LogP contribution in [-0.2, 0) is 6.42 Å². The molecule has 4 nitrogen and oxygen atoms in total. The maximum Gasteiger partial charge on any atom is 0.285 e. The van der Waals surface area contributed by atoms with Crippen molar-refractivity contribution in [2.45, 2.75) is 6.42 Å². The van der Waals surface area contributed by atoms with E-state index in [1.165, 1.54) is 6.07 Å². The molecule has 0 saturated heterocycles. The molecule has 0 aromatic heterocycles. The molecule has 94 valence electrons. The summed E-state index contributed by atoms with van der Waals surface area (Å²) in [6.45, 7) is 0. The maximum absolute atomic E-state index is 10.8. The number of rotatable bonds is 4. The van der Waals surface area contributed by atoms with Gasteiger partial charge >= 0.3 is 0 Å². The first kappa shape index (κ1) is 12.7. The highest BCUT2D eigenvalue weighted by Gasteiger charge is 2.15. The van der Waals surface area contributed by atoms with Crippen LogP contribution in [0.4, 0.5) is 5.69 Å². The van der Waals surface area contributed by atoms with E-state index in [0.29, 0.717) is 0 Å². The molecule has 0 bridgehead atoms. The molecule has 0 atom stereocenters. The lowest BCUT2D eigenvalue weighted by molar-refractivity contribution is -0.385. The number of nitro groups is 1. The van der Waals surface area contributed by atoms with Crippen LogP contribution in [0.1, 0.15) is 11.1 Å². The van der Waals surface area contributed by atoms with Gasteiger partial charge in [-0.1, -0.05) is 48.6 Å². The molecule has 2 aromatic rings. The third-order valence-electron chi connectivity index (χ3n) is 2.62. The molecule has 0 amide bonds. The van der Waals surface area contributed by atoms with Gasteiger partial charge in [0.25, 0.3) is 5.69 Å². The lowest BCUT2D eigenvalue weighted by atomic mass is 10.1. The summed E-state index contributed by atoms with van der Waals surface area (Å²) in [5.41, 5.74) is 1.10. The predicted molar refractivity (Wildman–Crippen MR) is 71.6 cm³/mol. The highest BCUT2D eigenvalue weighted by molar-refractivity contribution is 5.52. The lowest BCUT2D eigenvalue weighted by Gasteiger charge is -1.99. The van der Waals surface area contributed by atoms with Crippen LogP contribution in [0.2, 0.25) is 0 Å². The summed E-state index contributed by atoms with van der Waals surface area (Å²) in [7, 11) is 0. The van der Waals surface area contributed by atoms with Crippen molar-refractivity contribution in [3.8, 4) is 5.75 Å². The number of nitrogens with zero attached hydrogens (tertiary/aromatic N) is 1. The average molecular weight is 253 g/mol. The first-order valence-corrected chi connectivity index (χ1v) is 5.68. The van der Waals surface area contributed by atoms with Crippen molar-refractivity contribution < 1.29 is 10.0 Å². The van der Waals surface area contributed by atoms with Gasteiger partial charge in [-0.15, -0.1) is 0 Å². The fourth-order valence-electron chi connectivity index (χ4n) is 1.70. The largest absolute Gasteiger partial charge is 0.500 e. The Labute approximate surface area is 110 Å².